The van der Waals surface area contributed by atoms with Gasteiger partial charge in [0.2, 0.25) is 0 Å². The fourth-order valence-corrected chi connectivity index (χ4v) is 3.38. The Hall–Kier alpha value is -1.74. The van der Waals surface area contributed by atoms with Gasteiger partial charge in [-0.3, -0.25) is 4.79 Å². The Labute approximate surface area is 143 Å². The van der Waals surface area contributed by atoms with Crippen LogP contribution in [0.15, 0.2) is 47.4 Å². The van der Waals surface area contributed by atoms with Crippen LogP contribution in [-0.4, -0.2) is 11.7 Å². The van der Waals surface area contributed by atoms with Crippen molar-refractivity contribution in [1.82, 2.24) is 5.32 Å². The van der Waals surface area contributed by atoms with Crippen molar-refractivity contribution in [3.05, 3.63) is 64.7 Å². The molecule has 0 saturated heterocycles. The molecule has 2 aromatic rings. The number of aryl methyl sites for hydroxylation is 2. The Morgan fingerprint density at radius 2 is 1.83 bits per heavy atom. The fourth-order valence-electron chi connectivity index (χ4n) is 2.57. The summed E-state index contributed by atoms with van der Waals surface area (Å²) in [5.41, 5.74) is 4.47. The summed E-state index contributed by atoms with van der Waals surface area (Å²) in [6.45, 7) is 8.42. The van der Waals surface area contributed by atoms with Crippen LogP contribution in [0.5, 0.6) is 0 Å². The Morgan fingerprint density at radius 1 is 1.09 bits per heavy atom. The van der Waals surface area contributed by atoms with E-state index in [0.717, 1.165) is 22.6 Å². The zero-order valence-corrected chi connectivity index (χ0v) is 15.2. The average molecular weight is 327 g/mol. The summed E-state index contributed by atoms with van der Waals surface area (Å²) in [7, 11) is 0. The minimum atomic E-state index is 0.00614. The van der Waals surface area contributed by atoms with E-state index < -0.39 is 0 Å². The highest BCUT2D eigenvalue weighted by molar-refractivity contribution is 7.99. The molecule has 3 heteroatoms. The third kappa shape index (κ3) is 4.38. The normalized spacial score (nSPS) is 12.0. The Bertz CT molecular complexity index is 681. The molecule has 0 unspecified atom stereocenters. The van der Waals surface area contributed by atoms with Gasteiger partial charge in [0.1, 0.15) is 0 Å². The van der Waals surface area contributed by atoms with Gasteiger partial charge in [0.15, 0.2) is 0 Å². The lowest BCUT2D eigenvalue weighted by Crippen LogP contribution is -2.28. The summed E-state index contributed by atoms with van der Waals surface area (Å²) >= 11 is 1.70. The number of hydrogen-bond acceptors (Lipinski definition) is 2. The Balaban J connectivity index is 2.21. The zero-order chi connectivity index (χ0) is 16.8. The molecule has 0 spiro atoms. The SMILES string of the molecule is CCSc1ccccc1C(=O)N[C@@H](CC)c1ccc(C)c(C)c1. The van der Waals surface area contributed by atoms with Crippen LogP contribution in [0.2, 0.25) is 0 Å². The van der Waals surface area contributed by atoms with Crippen molar-refractivity contribution in [2.75, 3.05) is 5.75 Å². The first-order chi connectivity index (χ1) is 11.1. The topological polar surface area (TPSA) is 29.1 Å². The second-order valence-corrected chi connectivity index (χ2v) is 7.01. The van der Waals surface area contributed by atoms with Crippen LogP contribution in [0.4, 0.5) is 0 Å². The van der Waals surface area contributed by atoms with Gasteiger partial charge in [-0.15, -0.1) is 11.8 Å². The molecule has 1 atom stereocenters. The molecule has 0 fully saturated rings. The van der Waals surface area contributed by atoms with Crippen LogP contribution in [0.3, 0.4) is 0 Å². The number of thioether (sulfide) groups is 1. The predicted molar refractivity (Wildman–Crippen MR) is 99.3 cm³/mol. The fraction of sp³-hybridized carbons (Fsp3) is 0.350. The van der Waals surface area contributed by atoms with E-state index in [0.29, 0.717) is 0 Å². The lowest BCUT2D eigenvalue weighted by molar-refractivity contribution is 0.0932. The molecule has 0 aliphatic carbocycles. The second kappa shape index (κ2) is 8.21. The molecule has 0 saturated carbocycles. The number of nitrogens with one attached hydrogen (secondary N) is 1. The summed E-state index contributed by atoms with van der Waals surface area (Å²) < 4.78 is 0. The molecule has 0 heterocycles. The van der Waals surface area contributed by atoms with Gasteiger partial charge in [-0.1, -0.05) is 44.2 Å². The molecule has 2 nitrogen and oxygen atoms in total. The van der Waals surface area contributed by atoms with E-state index in [2.05, 4.69) is 51.2 Å². The maximum Gasteiger partial charge on any atom is 0.252 e. The number of carbonyl (C=O) groups excluding carboxylic acids is 1. The van der Waals surface area contributed by atoms with Crippen molar-refractivity contribution >= 4 is 17.7 Å². The van der Waals surface area contributed by atoms with Gasteiger partial charge in [0, 0.05) is 4.90 Å². The van der Waals surface area contributed by atoms with Gasteiger partial charge in [-0.05, 0) is 54.8 Å². The molecular formula is C20H25NOS. The van der Waals surface area contributed by atoms with E-state index in [1.807, 2.05) is 24.3 Å². The highest BCUT2D eigenvalue weighted by Gasteiger charge is 2.17. The quantitative estimate of drug-likeness (QED) is 0.730. The highest BCUT2D eigenvalue weighted by atomic mass is 32.2. The zero-order valence-electron chi connectivity index (χ0n) is 14.3. The Kier molecular flexibility index (Phi) is 6.28. The third-order valence-electron chi connectivity index (χ3n) is 4.08. The minimum absolute atomic E-state index is 0.00614. The number of hydrogen-bond donors (Lipinski definition) is 1. The predicted octanol–water partition coefficient (Wildman–Crippen LogP) is 5.30. The van der Waals surface area contributed by atoms with Gasteiger partial charge in [0.05, 0.1) is 11.6 Å². The van der Waals surface area contributed by atoms with Crippen LogP contribution < -0.4 is 5.32 Å². The molecule has 0 aliphatic rings. The molecule has 0 aromatic heterocycles. The van der Waals surface area contributed by atoms with Crippen molar-refractivity contribution in [2.24, 2.45) is 0 Å². The van der Waals surface area contributed by atoms with Gasteiger partial charge < -0.3 is 5.32 Å². The number of carbonyl (C=O) groups is 1. The van der Waals surface area contributed by atoms with E-state index in [1.165, 1.54) is 16.7 Å². The van der Waals surface area contributed by atoms with E-state index >= 15 is 0 Å². The molecule has 23 heavy (non-hydrogen) atoms. The van der Waals surface area contributed by atoms with E-state index in [9.17, 15) is 4.79 Å². The van der Waals surface area contributed by atoms with Crippen LogP contribution in [0.1, 0.15) is 53.4 Å². The van der Waals surface area contributed by atoms with E-state index in [1.54, 1.807) is 11.8 Å². The van der Waals surface area contributed by atoms with Gasteiger partial charge in [0.25, 0.3) is 5.91 Å². The summed E-state index contributed by atoms with van der Waals surface area (Å²) in [5.74, 6) is 0.963. The van der Waals surface area contributed by atoms with Crippen LogP contribution in [-0.2, 0) is 0 Å². The lowest BCUT2D eigenvalue weighted by atomic mass is 9.99. The van der Waals surface area contributed by atoms with Crippen LogP contribution >= 0.6 is 11.8 Å². The summed E-state index contributed by atoms with van der Waals surface area (Å²) in [6, 6.07) is 14.3. The molecule has 2 rings (SSSR count). The van der Waals surface area contributed by atoms with Gasteiger partial charge in [-0.25, -0.2) is 0 Å². The number of amides is 1. The second-order valence-electron chi connectivity index (χ2n) is 5.71. The van der Waals surface area contributed by atoms with E-state index in [-0.39, 0.29) is 11.9 Å². The monoisotopic (exact) mass is 327 g/mol. The molecule has 0 aliphatic heterocycles. The highest BCUT2D eigenvalue weighted by Crippen LogP contribution is 2.24. The molecule has 1 amide bonds. The van der Waals surface area contributed by atoms with Gasteiger partial charge in [-0.2, -0.15) is 0 Å². The largest absolute Gasteiger partial charge is 0.345 e. The molecule has 2 aromatic carbocycles. The van der Waals surface area contributed by atoms with Crippen molar-refractivity contribution in [1.29, 1.82) is 0 Å². The smallest absolute Gasteiger partial charge is 0.252 e. The molecule has 0 radical (unpaired) electrons. The summed E-state index contributed by atoms with van der Waals surface area (Å²) in [6.07, 6.45) is 0.872. The summed E-state index contributed by atoms with van der Waals surface area (Å²) in [4.78, 5) is 13.8. The van der Waals surface area contributed by atoms with Crippen LogP contribution in [0, 0.1) is 13.8 Å². The van der Waals surface area contributed by atoms with E-state index in [4.69, 9.17) is 0 Å². The molecule has 0 bridgehead atoms. The molecule has 1 N–H and O–H groups in total. The number of rotatable bonds is 6. The maximum atomic E-state index is 12.7. The Morgan fingerprint density at radius 3 is 2.48 bits per heavy atom. The van der Waals surface area contributed by atoms with Crippen molar-refractivity contribution in [3.8, 4) is 0 Å². The van der Waals surface area contributed by atoms with Crippen molar-refractivity contribution in [2.45, 2.75) is 45.1 Å². The van der Waals surface area contributed by atoms with Crippen LogP contribution in [0.25, 0.3) is 0 Å². The maximum absolute atomic E-state index is 12.7. The first-order valence-corrected chi connectivity index (χ1v) is 9.15. The lowest BCUT2D eigenvalue weighted by Gasteiger charge is -2.19. The standard InChI is InChI=1S/C20H25NOS/c1-5-18(16-12-11-14(3)15(4)13-16)21-20(22)17-9-7-8-10-19(17)23-6-2/h7-13,18H,5-6H2,1-4H3,(H,21,22)/t18-/m0/s1. The average Bonchev–Trinajstić information content (AvgIpc) is 2.56. The van der Waals surface area contributed by atoms with Crippen molar-refractivity contribution < 1.29 is 4.79 Å². The molecule has 122 valence electrons. The van der Waals surface area contributed by atoms with Gasteiger partial charge >= 0.3 is 0 Å². The first-order valence-electron chi connectivity index (χ1n) is 8.16. The number of benzene rings is 2. The summed E-state index contributed by atoms with van der Waals surface area (Å²) in [5, 5.41) is 3.19. The third-order valence-corrected chi connectivity index (χ3v) is 5.03. The van der Waals surface area contributed by atoms with Crippen molar-refractivity contribution in [3.63, 3.8) is 0 Å². The first kappa shape index (κ1) is 17.6. The molecular weight excluding hydrogens is 302 g/mol. The minimum Gasteiger partial charge on any atom is -0.345 e.